The van der Waals surface area contributed by atoms with Crippen LogP contribution in [0.15, 0.2) is 51.7 Å². The highest BCUT2D eigenvalue weighted by molar-refractivity contribution is 7.22. The van der Waals surface area contributed by atoms with Crippen LogP contribution in [0.3, 0.4) is 0 Å². The molecule has 0 spiro atoms. The monoisotopic (exact) mass is 420 g/mol. The minimum absolute atomic E-state index is 0.0631. The quantitative estimate of drug-likeness (QED) is 0.487. The summed E-state index contributed by atoms with van der Waals surface area (Å²) in [5.41, 5.74) is -2.19. The summed E-state index contributed by atoms with van der Waals surface area (Å²) in [5.74, 6) is -0.506. The van der Waals surface area contributed by atoms with Gasteiger partial charge < -0.3 is 9.15 Å². The van der Waals surface area contributed by atoms with Crippen molar-refractivity contribution in [3.8, 4) is 5.75 Å². The molecule has 0 saturated carbocycles. The number of halogens is 3. The van der Waals surface area contributed by atoms with Gasteiger partial charge in [-0.2, -0.15) is 13.2 Å². The Morgan fingerprint density at radius 2 is 1.97 bits per heavy atom. The summed E-state index contributed by atoms with van der Waals surface area (Å²) >= 11 is 0.870. The third-order valence-electron chi connectivity index (χ3n) is 4.13. The van der Waals surface area contributed by atoms with E-state index in [0.29, 0.717) is 11.1 Å². The lowest BCUT2D eigenvalue weighted by molar-refractivity contribution is -0.136. The second-order valence-corrected chi connectivity index (χ2v) is 6.98. The van der Waals surface area contributed by atoms with Crippen LogP contribution in [0.1, 0.15) is 15.9 Å². The molecule has 2 aromatic carbocycles. The van der Waals surface area contributed by atoms with E-state index in [9.17, 15) is 22.8 Å². The summed E-state index contributed by atoms with van der Waals surface area (Å²) in [6.45, 7) is 0. The average Bonchev–Trinajstić information content (AvgIpc) is 3.08. The van der Waals surface area contributed by atoms with E-state index >= 15 is 0 Å². The molecule has 4 aromatic rings. The summed E-state index contributed by atoms with van der Waals surface area (Å²) in [5, 5.41) is 2.76. The van der Waals surface area contributed by atoms with Gasteiger partial charge in [0, 0.05) is 5.39 Å². The van der Waals surface area contributed by atoms with Gasteiger partial charge >= 0.3 is 11.8 Å². The lowest BCUT2D eigenvalue weighted by atomic mass is 10.1. The molecule has 6 nitrogen and oxygen atoms in total. The molecule has 1 amide bonds. The minimum Gasteiger partial charge on any atom is -0.493 e. The molecule has 0 aliphatic heterocycles. The second-order valence-electron chi connectivity index (χ2n) is 5.95. The van der Waals surface area contributed by atoms with Crippen molar-refractivity contribution in [1.82, 2.24) is 4.98 Å². The van der Waals surface area contributed by atoms with Crippen LogP contribution in [0, 0.1) is 0 Å². The first-order valence-electron chi connectivity index (χ1n) is 8.17. The zero-order valence-corrected chi connectivity index (χ0v) is 15.5. The molecule has 2 aromatic heterocycles. The molecule has 10 heteroatoms. The zero-order chi connectivity index (χ0) is 20.8. The SMILES string of the molecule is COc1cccc2cc(C(=O)Nc3nc4c(C(F)(F)F)cccc4s3)c(=O)oc12. The fourth-order valence-electron chi connectivity index (χ4n) is 2.83. The second kappa shape index (κ2) is 6.89. The van der Waals surface area contributed by atoms with E-state index < -0.39 is 23.3 Å². The van der Waals surface area contributed by atoms with E-state index in [1.807, 2.05) is 0 Å². The highest BCUT2D eigenvalue weighted by Gasteiger charge is 2.33. The standard InChI is InChI=1S/C19H11F3N2O4S/c1-27-12-6-2-4-9-8-10(17(26)28-15(9)12)16(25)24-18-23-14-11(19(20,21)22)5-3-7-13(14)29-18/h2-8H,1H3,(H,23,24,25). The summed E-state index contributed by atoms with van der Waals surface area (Å²) < 4.78 is 50.0. The number of nitrogens with zero attached hydrogens (tertiary/aromatic N) is 1. The van der Waals surface area contributed by atoms with Crippen LogP contribution in [0.25, 0.3) is 21.2 Å². The van der Waals surface area contributed by atoms with Gasteiger partial charge in [-0.3, -0.25) is 10.1 Å². The average molecular weight is 420 g/mol. The Hall–Kier alpha value is -3.40. The highest BCUT2D eigenvalue weighted by Crippen LogP contribution is 2.37. The van der Waals surface area contributed by atoms with E-state index in [-0.39, 0.29) is 26.5 Å². The predicted molar refractivity (Wildman–Crippen MR) is 102 cm³/mol. The van der Waals surface area contributed by atoms with Crippen molar-refractivity contribution >= 4 is 43.6 Å². The Labute approximate surface area is 164 Å². The maximum Gasteiger partial charge on any atom is 0.418 e. The van der Waals surface area contributed by atoms with Crippen LogP contribution < -0.4 is 15.7 Å². The lowest BCUT2D eigenvalue weighted by Gasteiger charge is -2.06. The number of methoxy groups -OCH3 is 1. The van der Waals surface area contributed by atoms with Crippen LogP contribution in [0.2, 0.25) is 0 Å². The molecule has 2 heterocycles. The van der Waals surface area contributed by atoms with Gasteiger partial charge in [0.1, 0.15) is 5.56 Å². The maximum absolute atomic E-state index is 13.1. The fraction of sp³-hybridized carbons (Fsp3) is 0.105. The molecule has 0 aliphatic carbocycles. The number of benzene rings is 2. The Bertz CT molecular complexity index is 1310. The first kappa shape index (κ1) is 18.9. The molecule has 4 rings (SSSR count). The van der Waals surface area contributed by atoms with Crippen molar-refractivity contribution in [2.24, 2.45) is 0 Å². The number of fused-ring (bicyclic) bond motifs is 2. The number of carbonyl (C=O) groups is 1. The number of ether oxygens (including phenoxy) is 1. The molecule has 0 unspecified atom stereocenters. The van der Waals surface area contributed by atoms with Gasteiger partial charge in [0.2, 0.25) is 0 Å². The van der Waals surface area contributed by atoms with Crippen molar-refractivity contribution in [2.45, 2.75) is 6.18 Å². The molecule has 29 heavy (non-hydrogen) atoms. The number of para-hydroxylation sites is 2. The predicted octanol–water partition coefficient (Wildman–Crippen LogP) is 4.68. The Balaban J connectivity index is 1.71. The number of anilines is 1. The molecule has 0 aliphatic rings. The smallest absolute Gasteiger partial charge is 0.418 e. The zero-order valence-electron chi connectivity index (χ0n) is 14.7. The van der Waals surface area contributed by atoms with Gasteiger partial charge in [0.15, 0.2) is 16.5 Å². The fourth-order valence-corrected chi connectivity index (χ4v) is 3.72. The Kier molecular flexibility index (Phi) is 4.50. The van der Waals surface area contributed by atoms with E-state index in [2.05, 4.69) is 10.3 Å². The molecule has 148 valence electrons. The number of rotatable bonds is 3. The molecule has 0 saturated heterocycles. The molecule has 1 N–H and O–H groups in total. The molecular weight excluding hydrogens is 409 g/mol. The van der Waals surface area contributed by atoms with Crippen molar-refractivity contribution in [2.75, 3.05) is 12.4 Å². The first-order valence-corrected chi connectivity index (χ1v) is 8.98. The third kappa shape index (κ3) is 3.42. The largest absolute Gasteiger partial charge is 0.493 e. The number of aromatic nitrogens is 1. The summed E-state index contributed by atoms with van der Waals surface area (Å²) in [6, 6.07) is 9.87. The van der Waals surface area contributed by atoms with Gasteiger partial charge in [-0.15, -0.1) is 0 Å². The summed E-state index contributed by atoms with van der Waals surface area (Å²) in [6.07, 6.45) is -4.58. The summed E-state index contributed by atoms with van der Waals surface area (Å²) in [7, 11) is 1.41. The number of thiazole rings is 1. The van der Waals surface area contributed by atoms with Crippen LogP contribution >= 0.6 is 11.3 Å². The van der Waals surface area contributed by atoms with E-state index in [1.54, 1.807) is 18.2 Å². The van der Waals surface area contributed by atoms with E-state index in [4.69, 9.17) is 9.15 Å². The minimum atomic E-state index is -4.58. The number of hydrogen-bond acceptors (Lipinski definition) is 6. The normalized spacial score (nSPS) is 11.7. The van der Waals surface area contributed by atoms with Crippen molar-refractivity contribution in [3.63, 3.8) is 0 Å². The maximum atomic E-state index is 13.1. The summed E-state index contributed by atoms with van der Waals surface area (Å²) in [4.78, 5) is 28.7. The molecular formula is C19H11F3N2O4S. The third-order valence-corrected chi connectivity index (χ3v) is 5.07. The molecule has 0 atom stereocenters. The van der Waals surface area contributed by atoms with Gasteiger partial charge in [-0.1, -0.05) is 29.5 Å². The topological polar surface area (TPSA) is 81.4 Å². The Morgan fingerprint density at radius 1 is 1.21 bits per heavy atom. The highest BCUT2D eigenvalue weighted by atomic mass is 32.1. The number of nitrogens with one attached hydrogen (secondary N) is 1. The van der Waals surface area contributed by atoms with E-state index in [1.165, 1.54) is 25.3 Å². The number of amides is 1. The van der Waals surface area contributed by atoms with Gasteiger partial charge in [-0.05, 0) is 24.3 Å². The number of hydrogen-bond donors (Lipinski definition) is 1. The van der Waals surface area contributed by atoms with Crippen molar-refractivity contribution in [1.29, 1.82) is 0 Å². The molecule has 0 bridgehead atoms. The van der Waals surface area contributed by atoms with Crippen LogP contribution in [0.5, 0.6) is 5.75 Å². The van der Waals surface area contributed by atoms with E-state index in [0.717, 1.165) is 17.4 Å². The van der Waals surface area contributed by atoms with Crippen LogP contribution in [-0.4, -0.2) is 18.0 Å². The number of alkyl halides is 3. The van der Waals surface area contributed by atoms with Crippen molar-refractivity contribution < 1.29 is 27.1 Å². The van der Waals surface area contributed by atoms with Crippen LogP contribution in [-0.2, 0) is 6.18 Å². The van der Waals surface area contributed by atoms with Crippen LogP contribution in [0.4, 0.5) is 18.3 Å². The van der Waals surface area contributed by atoms with Gasteiger partial charge in [0.05, 0.1) is 22.9 Å². The van der Waals surface area contributed by atoms with Crippen molar-refractivity contribution in [3.05, 3.63) is 64.0 Å². The first-order chi connectivity index (χ1) is 13.8. The Morgan fingerprint density at radius 3 is 2.69 bits per heavy atom. The number of carbonyl (C=O) groups excluding carboxylic acids is 1. The molecule has 0 fully saturated rings. The molecule has 0 radical (unpaired) electrons. The van der Waals surface area contributed by atoms with Gasteiger partial charge in [-0.25, -0.2) is 9.78 Å². The lowest BCUT2D eigenvalue weighted by Crippen LogP contribution is -2.20. The van der Waals surface area contributed by atoms with Gasteiger partial charge in [0.25, 0.3) is 5.91 Å².